The second-order valence-corrected chi connectivity index (χ2v) is 7.13. The summed E-state index contributed by atoms with van der Waals surface area (Å²) in [5.41, 5.74) is 1.30. The number of amides is 1. The molecule has 0 bridgehead atoms. The molecule has 1 aliphatic heterocycles. The van der Waals surface area contributed by atoms with E-state index in [0.29, 0.717) is 29.2 Å². The van der Waals surface area contributed by atoms with Crippen molar-refractivity contribution in [2.75, 3.05) is 18.2 Å². The normalized spacial score (nSPS) is 14.4. The van der Waals surface area contributed by atoms with Crippen molar-refractivity contribution >= 4 is 35.1 Å². The fraction of sp³-hybridized carbons (Fsp3) is 0.250. The van der Waals surface area contributed by atoms with Crippen molar-refractivity contribution in [1.82, 2.24) is 0 Å². The number of carbonyl (C=O) groups is 3. The zero-order chi connectivity index (χ0) is 19.4. The summed E-state index contributed by atoms with van der Waals surface area (Å²) in [4.78, 5) is 37.5. The topological polar surface area (TPSA) is 81.7 Å². The molecule has 2 aromatic carbocycles. The molecule has 0 saturated heterocycles. The fourth-order valence-corrected chi connectivity index (χ4v) is 3.56. The van der Waals surface area contributed by atoms with Crippen molar-refractivity contribution in [3.05, 3.63) is 53.6 Å². The van der Waals surface area contributed by atoms with Gasteiger partial charge in [-0.25, -0.2) is 4.79 Å². The first-order chi connectivity index (χ1) is 13.0. The molecule has 1 amide bonds. The monoisotopic (exact) mass is 385 g/mol. The lowest BCUT2D eigenvalue weighted by Gasteiger charge is -2.14. The van der Waals surface area contributed by atoms with E-state index in [1.54, 1.807) is 61.3 Å². The second kappa shape index (κ2) is 8.26. The molecule has 1 atom stereocenters. The highest BCUT2D eigenvalue weighted by Crippen LogP contribution is 2.31. The molecule has 0 unspecified atom stereocenters. The number of esters is 1. The average Bonchev–Trinajstić information content (AvgIpc) is 2.87. The Labute approximate surface area is 161 Å². The molecule has 2 aromatic rings. The fourth-order valence-electron chi connectivity index (χ4n) is 2.62. The van der Waals surface area contributed by atoms with Crippen LogP contribution in [0.3, 0.4) is 0 Å². The van der Waals surface area contributed by atoms with E-state index in [1.165, 1.54) is 6.92 Å². The number of anilines is 1. The Bertz CT molecular complexity index is 878. The largest absolute Gasteiger partial charge is 0.497 e. The first-order valence-electron chi connectivity index (χ1n) is 8.44. The lowest BCUT2D eigenvalue weighted by Crippen LogP contribution is -2.24. The van der Waals surface area contributed by atoms with E-state index in [0.717, 1.165) is 4.90 Å². The maximum Gasteiger partial charge on any atom is 0.338 e. The SMILES string of the molecule is COc1ccc(C(=O)[C@@H](C)OC(=O)c2ccc3c(c2)NC(=O)CCS3)cc1. The summed E-state index contributed by atoms with van der Waals surface area (Å²) < 4.78 is 10.4. The third kappa shape index (κ3) is 4.49. The van der Waals surface area contributed by atoms with E-state index in [-0.39, 0.29) is 17.3 Å². The predicted molar refractivity (Wildman–Crippen MR) is 103 cm³/mol. The van der Waals surface area contributed by atoms with Gasteiger partial charge in [0.05, 0.1) is 18.4 Å². The van der Waals surface area contributed by atoms with Gasteiger partial charge in [0, 0.05) is 22.6 Å². The van der Waals surface area contributed by atoms with E-state index < -0.39 is 12.1 Å². The van der Waals surface area contributed by atoms with E-state index >= 15 is 0 Å². The van der Waals surface area contributed by atoms with Gasteiger partial charge in [0.15, 0.2) is 6.10 Å². The first-order valence-corrected chi connectivity index (χ1v) is 9.42. The van der Waals surface area contributed by atoms with Crippen LogP contribution in [0.25, 0.3) is 0 Å². The third-order valence-corrected chi connectivity index (χ3v) is 5.18. The van der Waals surface area contributed by atoms with Crippen LogP contribution in [0.2, 0.25) is 0 Å². The lowest BCUT2D eigenvalue weighted by atomic mass is 10.1. The molecule has 0 fully saturated rings. The van der Waals surface area contributed by atoms with E-state index in [2.05, 4.69) is 5.32 Å². The van der Waals surface area contributed by atoms with Gasteiger partial charge in [-0.15, -0.1) is 11.8 Å². The Morgan fingerprint density at radius 3 is 2.52 bits per heavy atom. The van der Waals surface area contributed by atoms with E-state index in [9.17, 15) is 14.4 Å². The van der Waals surface area contributed by atoms with Crippen molar-refractivity contribution in [3.8, 4) is 5.75 Å². The molecule has 1 aliphatic rings. The molecular weight excluding hydrogens is 366 g/mol. The van der Waals surface area contributed by atoms with E-state index in [4.69, 9.17) is 9.47 Å². The minimum absolute atomic E-state index is 0.0881. The van der Waals surface area contributed by atoms with Crippen molar-refractivity contribution < 1.29 is 23.9 Å². The summed E-state index contributed by atoms with van der Waals surface area (Å²) in [7, 11) is 1.54. The minimum Gasteiger partial charge on any atom is -0.497 e. The molecule has 0 radical (unpaired) electrons. The number of benzene rings is 2. The summed E-state index contributed by atoms with van der Waals surface area (Å²) in [6.45, 7) is 1.53. The molecule has 6 nitrogen and oxygen atoms in total. The van der Waals surface area contributed by atoms with Crippen LogP contribution in [-0.2, 0) is 9.53 Å². The molecule has 0 aromatic heterocycles. The second-order valence-electron chi connectivity index (χ2n) is 6.00. The molecule has 0 spiro atoms. The highest BCUT2D eigenvalue weighted by atomic mass is 32.2. The Morgan fingerprint density at radius 2 is 1.81 bits per heavy atom. The average molecular weight is 385 g/mol. The number of carbonyl (C=O) groups excluding carboxylic acids is 3. The van der Waals surface area contributed by atoms with Gasteiger partial charge in [0.2, 0.25) is 11.7 Å². The lowest BCUT2D eigenvalue weighted by molar-refractivity contribution is -0.115. The molecular formula is C20H19NO5S. The van der Waals surface area contributed by atoms with Gasteiger partial charge in [-0.2, -0.15) is 0 Å². The molecule has 27 heavy (non-hydrogen) atoms. The van der Waals surface area contributed by atoms with Crippen LogP contribution in [0.4, 0.5) is 5.69 Å². The quantitative estimate of drug-likeness (QED) is 0.626. The van der Waals surface area contributed by atoms with Crippen LogP contribution < -0.4 is 10.1 Å². The van der Waals surface area contributed by atoms with Crippen LogP contribution in [0.5, 0.6) is 5.75 Å². The summed E-state index contributed by atoms with van der Waals surface area (Å²) in [6.07, 6.45) is -0.513. The third-order valence-electron chi connectivity index (χ3n) is 4.10. The minimum atomic E-state index is -0.936. The van der Waals surface area contributed by atoms with Gasteiger partial charge in [0.25, 0.3) is 0 Å². The van der Waals surface area contributed by atoms with E-state index in [1.807, 2.05) is 0 Å². The summed E-state index contributed by atoms with van der Waals surface area (Å²) in [5.74, 6) is 0.326. The Hall–Kier alpha value is -2.80. The number of rotatable bonds is 5. The number of hydrogen-bond donors (Lipinski definition) is 1. The number of thioether (sulfide) groups is 1. The number of nitrogens with one attached hydrogen (secondary N) is 1. The molecule has 0 aliphatic carbocycles. The maximum atomic E-state index is 12.5. The number of Topliss-reactive ketones (excluding diaryl/α,β-unsaturated/α-hetero) is 1. The summed E-state index contributed by atoms with van der Waals surface area (Å²) in [6, 6.07) is 11.6. The van der Waals surface area contributed by atoms with Gasteiger partial charge in [-0.05, 0) is 49.4 Å². The van der Waals surface area contributed by atoms with Gasteiger partial charge in [-0.3, -0.25) is 9.59 Å². The van der Waals surface area contributed by atoms with Gasteiger partial charge < -0.3 is 14.8 Å². The highest BCUT2D eigenvalue weighted by Gasteiger charge is 2.22. The zero-order valence-electron chi connectivity index (χ0n) is 15.0. The molecule has 3 rings (SSSR count). The smallest absolute Gasteiger partial charge is 0.338 e. The van der Waals surface area contributed by atoms with Crippen LogP contribution in [0.15, 0.2) is 47.4 Å². The van der Waals surface area contributed by atoms with Crippen molar-refractivity contribution in [2.45, 2.75) is 24.3 Å². The van der Waals surface area contributed by atoms with Crippen molar-refractivity contribution in [2.24, 2.45) is 0 Å². The summed E-state index contributed by atoms with van der Waals surface area (Å²) >= 11 is 1.55. The Balaban J connectivity index is 1.70. The van der Waals surface area contributed by atoms with Crippen LogP contribution >= 0.6 is 11.8 Å². The standard InChI is InChI=1S/C20H19NO5S/c1-12(19(23)13-3-6-15(25-2)7-4-13)26-20(24)14-5-8-17-16(11-14)21-18(22)9-10-27-17/h3-8,11-12H,9-10H2,1-2H3,(H,21,22)/t12-/m1/s1. The maximum absolute atomic E-state index is 12.5. The Morgan fingerprint density at radius 1 is 1.11 bits per heavy atom. The van der Waals surface area contributed by atoms with Gasteiger partial charge in [-0.1, -0.05) is 0 Å². The molecule has 7 heteroatoms. The molecule has 0 saturated carbocycles. The molecule has 1 N–H and O–H groups in total. The van der Waals surface area contributed by atoms with Crippen molar-refractivity contribution in [1.29, 1.82) is 0 Å². The zero-order valence-corrected chi connectivity index (χ0v) is 15.8. The highest BCUT2D eigenvalue weighted by molar-refractivity contribution is 7.99. The number of fused-ring (bicyclic) bond motifs is 1. The van der Waals surface area contributed by atoms with Gasteiger partial charge in [0.1, 0.15) is 5.75 Å². The predicted octanol–water partition coefficient (Wildman–Crippen LogP) is 3.56. The van der Waals surface area contributed by atoms with Crippen LogP contribution in [-0.4, -0.2) is 36.6 Å². The molecule has 140 valence electrons. The number of ketones is 1. The van der Waals surface area contributed by atoms with Crippen LogP contribution in [0, 0.1) is 0 Å². The van der Waals surface area contributed by atoms with Gasteiger partial charge >= 0.3 is 5.97 Å². The number of hydrogen-bond acceptors (Lipinski definition) is 6. The number of methoxy groups -OCH3 is 1. The van der Waals surface area contributed by atoms with Crippen molar-refractivity contribution in [3.63, 3.8) is 0 Å². The molecule has 1 heterocycles. The number of ether oxygens (including phenoxy) is 2. The van der Waals surface area contributed by atoms with Crippen LogP contribution in [0.1, 0.15) is 34.1 Å². The summed E-state index contributed by atoms with van der Waals surface area (Å²) in [5, 5.41) is 2.78. The Kier molecular flexibility index (Phi) is 5.81. The first kappa shape index (κ1) is 19.0.